The molecule has 1 aromatic carbocycles. The highest BCUT2D eigenvalue weighted by Crippen LogP contribution is 2.34. The summed E-state index contributed by atoms with van der Waals surface area (Å²) in [7, 11) is 0. The maximum absolute atomic E-state index is 13.0. The highest BCUT2D eigenvalue weighted by molar-refractivity contribution is 6.04. The summed E-state index contributed by atoms with van der Waals surface area (Å²) in [6.07, 6.45) is 6.36. The Labute approximate surface area is 144 Å². The molecule has 4 nitrogen and oxygen atoms in total. The van der Waals surface area contributed by atoms with E-state index in [-0.39, 0.29) is 17.9 Å². The lowest BCUT2D eigenvalue weighted by Gasteiger charge is -2.30. The number of benzene rings is 1. The molecule has 0 saturated heterocycles. The van der Waals surface area contributed by atoms with Crippen molar-refractivity contribution in [2.75, 3.05) is 6.54 Å². The van der Waals surface area contributed by atoms with Gasteiger partial charge in [-0.25, -0.2) is 0 Å². The lowest BCUT2D eigenvalue weighted by molar-refractivity contribution is -0.126. The molecule has 1 heterocycles. The minimum atomic E-state index is -0.459. The van der Waals surface area contributed by atoms with Crippen molar-refractivity contribution in [3.63, 3.8) is 0 Å². The zero-order valence-electron chi connectivity index (χ0n) is 14.8. The van der Waals surface area contributed by atoms with E-state index in [1.54, 1.807) is 4.90 Å². The first-order chi connectivity index (χ1) is 11.6. The topological polar surface area (TPSA) is 49.4 Å². The summed E-state index contributed by atoms with van der Waals surface area (Å²) in [5.41, 5.74) is 1.55. The van der Waals surface area contributed by atoms with E-state index in [4.69, 9.17) is 0 Å². The van der Waals surface area contributed by atoms with Crippen molar-refractivity contribution in [1.29, 1.82) is 0 Å². The highest BCUT2D eigenvalue weighted by atomic mass is 16.2. The summed E-state index contributed by atoms with van der Waals surface area (Å²) >= 11 is 0. The summed E-state index contributed by atoms with van der Waals surface area (Å²) in [4.78, 5) is 27.4. The molecule has 1 fully saturated rings. The van der Waals surface area contributed by atoms with Crippen LogP contribution in [0.5, 0.6) is 0 Å². The molecule has 1 aliphatic heterocycles. The predicted octanol–water partition coefficient (Wildman–Crippen LogP) is 3.68. The van der Waals surface area contributed by atoms with Gasteiger partial charge in [0.1, 0.15) is 6.04 Å². The van der Waals surface area contributed by atoms with Crippen LogP contribution >= 0.6 is 0 Å². The summed E-state index contributed by atoms with van der Waals surface area (Å²) in [6.45, 7) is 5.02. The zero-order valence-corrected chi connectivity index (χ0v) is 14.8. The van der Waals surface area contributed by atoms with Gasteiger partial charge in [-0.05, 0) is 49.7 Å². The van der Waals surface area contributed by atoms with Crippen molar-refractivity contribution in [1.82, 2.24) is 10.2 Å². The first-order valence-corrected chi connectivity index (χ1v) is 9.32. The van der Waals surface area contributed by atoms with E-state index in [1.807, 2.05) is 24.3 Å². The number of fused-ring (bicyclic) bond motifs is 1. The van der Waals surface area contributed by atoms with Crippen LogP contribution in [0.2, 0.25) is 0 Å². The van der Waals surface area contributed by atoms with E-state index in [0.29, 0.717) is 12.1 Å². The fourth-order valence-corrected chi connectivity index (χ4v) is 3.90. The fraction of sp³-hybridized carbons (Fsp3) is 0.600. The minimum Gasteiger partial charge on any atom is -0.351 e. The van der Waals surface area contributed by atoms with Crippen LogP contribution in [0.4, 0.5) is 0 Å². The number of carbonyl (C=O) groups excluding carboxylic acids is 2. The molecule has 4 heteroatoms. The van der Waals surface area contributed by atoms with Crippen molar-refractivity contribution in [3.8, 4) is 0 Å². The van der Waals surface area contributed by atoms with Gasteiger partial charge in [0, 0.05) is 18.2 Å². The number of rotatable bonds is 5. The lowest BCUT2D eigenvalue weighted by atomic mass is 9.87. The first-order valence-electron chi connectivity index (χ1n) is 9.32. The van der Waals surface area contributed by atoms with Gasteiger partial charge in [0.2, 0.25) is 5.91 Å². The Bertz CT molecular complexity index is 605. The minimum absolute atomic E-state index is 0.00327. The van der Waals surface area contributed by atoms with Crippen LogP contribution in [0, 0.1) is 5.92 Å². The third kappa shape index (κ3) is 3.33. The number of nitrogens with one attached hydrogen (secondary N) is 1. The zero-order chi connectivity index (χ0) is 17.1. The third-order valence-corrected chi connectivity index (χ3v) is 5.42. The van der Waals surface area contributed by atoms with E-state index in [9.17, 15) is 9.59 Å². The maximum atomic E-state index is 13.0. The SMILES string of the molecule is CCCCN1C(=O)c2ccccc2C1C(=O)NC1CCC(C)CC1. The molecule has 1 saturated carbocycles. The van der Waals surface area contributed by atoms with Crippen molar-refractivity contribution < 1.29 is 9.59 Å². The third-order valence-electron chi connectivity index (χ3n) is 5.42. The van der Waals surface area contributed by atoms with Gasteiger partial charge in [0.25, 0.3) is 5.91 Å². The van der Waals surface area contributed by atoms with Crippen LogP contribution in [0.1, 0.15) is 74.3 Å². The molecule has 0 aromatic heterocycles. The van der Waals surface area contributed by atoms with Crippen molar-refractivity contribution in [3.05, 3.63) is 35.4 Å². The number of nitrogens with zero attached hydrogens (tertiary/aromatic N) is 1. The van der Waals surface area contributed by atoms with E-state index in [0.717, 1.165) is 37.2 Å². The molecule has 3 rings (SSSR count). The van der Waals surface area contributed by atoms with Crippen molar-refractivity contribution >= 4 is 11.8 Å². The van der Waals surface area contributed by atoms with Crippen LogP contribution in [0.25, 0.3) is 0 Å². The van der Waals surface area contributed by atoms with Gasteiger partial charge in [-0.15, -0.1) is 0 Å². The Morgan fingerprint density at radius 3 is 2.62 bits per heavy atom. The molecule has 2 aliphatic rings. The van der Waals surface area contributed by atoms with Gasteiger partial charge in [-0.3, -0.25) is 9.59 Å². The second kappa shape index (κ2) is 7.37. The highest BCUT2D eigenvalue weighted by Gasteiger charge is 2.41. The Hall–Kier alpha value is -1.84. The number of amides is 2. The van der Waals surface area contributed by atoms with E-state index in [1.165, 1.54) is 12.8 Å². The second-order valence-corrected chi connectivity index (χ2v) is 7.31. The largest absolute Gasteiger partial charge is 0.351 e. The Morgan fingerprint density at radius 1 is 1.21 bits per heavy atom. The normalized spacial score (nSPS) is 26.3. The molecule has 0 spiro atoms. The van der Waals surface area contributed by atoms with Gasteiger partial charge < -0.3 is 10.2 Å². The fourth-order valence-electron chi connectivity index (χ4n) is 3.90. The Balaban J connectivity index is 1.77. The van der Waals surface area contributed by atoms with Crippen LogP contribution in [0.3, 0.4) is 0 Å². The molecule has 130 valence electrons. The Kier molecular flexibility index (Phi) is 5.22. The van der Waals surface area contributed by atoms with Crippen LogP contribution in [-0.4, -0.2) is 29.3 Å². The van der Waals surface area contributed by atoms with Crippen LogP contribution in [-0.2, 0) is 4.79 Å². The van der Waals surface area contributed by atoms with E-state index < -0.39 is 6.04 Å². The summed E-state index contributed by atoms with van der Waals surface area (Å²) < 4.78 is 0. The summed E-state index contributed by atoms with van der Waals surface area (Å²) in [6, 6.07) is 7.35. The molecule has 1 atom stereocenters. The molecule has 24 heavy (non-hydrogen) atoms. The monoisotopic (exact) mass is 328 g/mol. The number of hydrogen-bond donors (Lipinski definition) is 1. The summed E-state index contributed by atoms with van der Waals surface area (Å²) in [5, 5.41) is 3.22. The van der Waals surface area contributed by atoms with Gasteiger partial charge in [-0.1, -0.05) is 38.5 Å². The van der Waals surface area contributed by atoms with E-state index in [2.05, 4.69) is 19.2 Å². The standard InChI is InChI=1S/C20H28N2O2/c1-3-4-13-22-18(16-7-5-6-8-17(16)20(22)24)19(23)21-15-11-9-14(2)10-12-15/h5-8,14-15,18H,3-4,9-13H2,1-2H3,(H,21,23). The molecule has 1 N–H and O–H groups in total. The molecule has 0 bridgehead atoms. The number of unbranched alkanes of at least 4 members (excludes halogenated alkanes) is 1. The molecular formula is C20H28N2O2. The van der Waals surface area contributed by atoms with Crippen molar-refractivity contribution in [2.24, 2.45) is 5.92 Å². The number of hydrogen-bond acceptors (Lipinski definition) is 2. The molecular weight excluding hydrogens is 300 g/mol. The van der Waals surface area contributed by atoms with Crippen LogP contribution < -0.4 is 5.32 Å². The lowest BCUT2D eigenvalue weighted by Crippen LogP contribution is -2.44. The average molecular weight is 328 g/mol. The van der Waals surface area contributed by atoms with Gasteiger partial charge in [-0.2, -0.15) is 0 Å². The predicted molar refractivity (Wildman–Crippen MR) is 94.7 cm³/mol. The second-order valence-electron chi connectivity index (χ2n) is 7.31. The molecule has 1 aromatic rings. The van der Waals surface area contributed by atoms with Gasteiger partial charge >= 0.3 is 0 Å². The smallest absolute Gasteiger partial charge is 0.255 e. The van der Waals surface area contributed by atoms with E-state index >= 15 is 0 Å². The first kappa shape index (κ1) is 17.0. The average Bonchev–Trinajstić information content (AvgIpc) is 2.87. The maximum Gasteiger partial charge on any atom is 0.255 e. The molecule has 2 amide bonds. The molecule has 1 unspecified atom stereocenters. The number of carbonyl (C=O) groups is 2. The van der Waals surface area contributed by atoms with Crippen molar-refractivity contribution in [2.45, 2.75) is 64.5 Å². The molecule has 0 radical (unpaired) electrons. The Morgan fingerprint density at radius 2 is 1.92 bits per heavy atom. The summed E-state index contributed by atoms with van der Waals surface area (Å²) in [5.74, 6) is 0.744. The van der Waals surface area contributed by atoms with Gasteiger partial charge in [0.15, 0.2) is 0 Å². The van der Waals surface area contributed by atoms with Gasteiger partial charge in [0.05, 0.1) is 0 Å². The molecule has 1 aliphatic carbocycles. The quantitative estimate of drug-likeness (QED) is 0.896. The van der Waals surface area contributed by atoms with Crippen LogP contribution in [0.15, 0.2) is 24.3 Å².